The summed E-state index contributed by atoms with van der Waals surface area (Å²) in [5.74, 6) is -4.04. The van der Waals surface area contributed by atoms with E-state index in [2.05, 4.69) is 0 Å². The first-order valence-corrected chi connectivity index (χ1v) is 20.9. The van der Waals surface area contributed by atoms with Crippen molar-refractivity contribution in [2.45, 2.75) is 95.9 Å². The van der Waals surface area contributed by atoms with Crippen molar-refractivity contribution in [1.29, 1.82) is 0 Å². The van der Waals surface area contributed by atoms with Gasteiger partial charge < -0.3 is 28.3 Å². The second-order valence-electron chi connectivity index (χ2n) is 15.7. The molecule has 1 aromatic heterocycles. The highest BCUT2D eigenvalue weighted by Gasteiger charge is 2.53. The summed E-state index contributed by atoms with van der Waals surface area (Å²) in [6.45, 7) is 8.40. The Hall–Kier alpha value is -5.15. The number of fused-ring (bicyclic) bond motifs is 3. The number of benzene rings is 3. The molecule has 0 aliphatic carbocycles. The molecule has 0 bridgehead atoms. The van der Waals surface area contributed by atoms with Gasteiger partial charge in [0.1, 0.15) is 12.6 Å². The topological polar surface area (TPSA) is 157 Å². The van der Waals surface area contributed by atoms with Crippen LogP contribution in [0.4, 0.5) is 0 Å². The Morgan fingerprint density at radius 1 is 0.879 bits per heavy atom. The third kappa shape index (κ3) is 7.49. The van der Waals surface area contributed by atoms with Crippen molar-refractivity contribution < 1.29 is 46.5 Å². The van der Waals surface area contributed by atoms with E-state index in [9.17, 15) is 27.6 Å². The zero-order chi connectivity index (χ0) is 41.5. The molecule has 58 heavy (non-hydrogen) atoms. The van der Waals surface area contributed by atoms with Crippen molar-refractivity contribution in [2.24, 2.45) is 5.41 Å². The number of esters is 3. The van der Waals surface area contributed by atoms with Crippen molar-refractivity contribution in [2.75, 3.05) is 19.8 Å². The highest BCUT2D eigenvalue weighted by atomic mass is 32.2. The molecule has 14 heteroatoms. The summed E-state index contributed by atoms with van der Waals surface area (Å²) >= 11 is 0. The first-order chi connectivity index (χ1) is 27.6. The van der Waals surface area contributed by atoms with E-state index in [1.165, 1.54) is 29.7 Å². The second-order valence-corrected chi connectivity index (χ2v) is 17.5. The molecule has 4 heterocycles. The lowest BCUT2D eigenvalue weighted by atomic mass is 9.86. The van der Waals surface area contributed by atoms with Gasteiger partial charge in [0, 0.05) is 43.8 Å². The van der Waals surface area contributed by atoms with Crippen LogP contribution in [-0.4, -0.2) is 61.1 Å². The third-order valence-corrected chi connectivity index (χ3v) is 13.0. The van der Waals surface area contributed by atoms with Crippen molar-refractivity contribution in [1.82, 2.24) is 8.87 Å². The smallest absolute Gasteiger partial charge is 0.355 e. The van der Waals surface area contributed by atoms with Crippen LogP contribution >= 0.6 is 0 Å². The van der Waals surface area contributed by atoms with Crippen molar-refractivity contribution >= 4 is 27.9 Å². The Bertz CT molecular complexity index is 2380. The predicted molar refractivity (Wildman–Crippen MR) is 211 cm³/mol. The number of rotatable bonds is 11. The van der Waals surface area contributed by atoms with E-state index >= 15 is 0 Å². The van der Waals surface area contributed by atoms with Crippen LogP contribution in [-0.2, 0) is 85.6 Å². The molecule has 2 atom stereocenters. The Labute approximate surface area is 337 Å². The minimum absolute atomic E-state index is 0.0345. The SMILES string of the molecule is CCOC(=O)[C@@](CC)(OC(=O)[C@H]1Cc2ccccc2CN1S(=O)(=O)c1ccc(-c2ccccc2)cc1)c1cc2n(c(=O)c1COC(C)=O)CCC21OCC(C)(C)CO1. The van der Waals surface area contributed by atoms with Gasteiger partial charge in [0.05, 0.1) is 36.0 Å². The van der Waals surface area contributed by atoms with E-state index in [1.54, 1.807) is 44.2 Å². The van der Waals surface area contributed by atoms with Crippen LogP contribution in [0.15, 0.2) is 94.6 Å². The molecule has 0 amide bonds. The van der Waals surface area contributed by atoms with E-state index in [0.29, 0.717) is 24.5 Å². The molecule has 0 N–H and O–H groups in total. The van der Waals surface area contributed by atoms with Crippen molar-refractivity contribution in [3.63, 3.8) is 0 Å². The van der Waals surface area contributed by atoms with Gasteiger partial charge >= 0.3 is 17.9 Å². The van der Waals surface area contributed by atoms with E-state index in [-0.39, 0.29) is 60.4 Å². The number of nitrogens with zero attached hydrogens (tertiary/aromatic N) is 2. The average Bonchev–Trinajstić information content (AvgIpc) is 3.58. The summed E-state index contributed by atoms with van der Waals surface area (Å²) in [6.07, 6.45) is -0.00724. The minimum Gasteiger partial charge on any atom is -0.463 e. The number of carbonyl (C=O) groups is 3. The fraction of sp³-hybridized carbons (Fsp3) is 0.409. The fourth-order valence-corrected chi connectivity index (χ4v) is 9.48. The zero-order valence-electron chi connectivity index (χ0n) is 33.3. The number of hydrogen-bond acceptors (Lipinski definition) is 11. The Kier molecular flexibility index (Phi) is 11.2. The van der Waals surface area contributed by atoms with Crippen LogP contribution < -0.4 is 5.56 Å². The second kappa shape index (κ2) is 15.9. The molecular formula is C44H48N2O11S. The van der Waals surface area contributed by atoms with E-state index in [1.807, 2.05) is 50.2 Å². The number of hydrogen-bond donors (Lipinski definition) is 0. The molecule has 3 aliphatic rings. The zero-order valence-corrected chi connectivity index (χ0v) is 34.1. The lowest BCUT2D eigenvalue weighted by Gasteiger charge is -2.42. The van der Waals surface area contributed by atoms with Crippen LogP contribution in [0.1, 0.15) is 75.4 Å². The Morgan fingerprint density at radius 2 is 1.52 bits per heavy atom. The van der Waals surface area contributed by atoms with Gasteiger partial charge in [-0.05, 0) is 53.8 Å². The summed E-state index contributed by atoms with van der Waals surface area (Å²) in [7, 11) is -4.35. The maximum Gasteiger partial charge on any atom is 0.355 e. The molecule has 0 unspecified atom stereocenters. The van der Waals surface area contributed by atoms with Crippen LogP contribution in [0, 0.1) is 5.41 Å². The molecule has 0 saturated carbocycles. The van der Waals surface area contributed by atoms with Crippen LogP contribution in [0.3, 0.4) is 0 Å². The summed E-state index contributed by atoms with van der Waals surface area (Å²) in [6, 6.07) is 23.3. The van der Waals surface area contributed by atoms with E-state index in [0.717, 1.165) is 21.0 Å². The first-order valence-electron chi connectivity index (χ1n) is 19.5. The predicted octanol–water partition coefficient (Wildman–Crippen LogP) is 5.74. The summed E-state index contributed by atoms with van der Waals surface area (Å²) in [5, 5.41) is 0. The lowest BCUT2D eigenvalue weighted by molar-refractivity contribution is -0.306. The summed E-state index contributed by atoms with van der Waals surface area (Å²) in [5.41, 5.74) is 0.106. The van der Waals surface area contributed by atoms with Crippen LogP contribution in [0.2, 0.25) is 0 Å². The van der Waals surface area contributed by atoms with E-state index < -0.39 is 57.5 Å². The number of ether oxygens (including phenoxy) is 5. The van der Waals surface area contributed by atoms with Gasteiger partial charge in [-0.1, -0.05) is 87.5 Å². The van der Waals surface area contributed by atoms with Crippen LogP contribution in [0.25, 0.3) is 11.1 Å². The monoisotopic (exact) mass is 812 g/mol. The number of carbonyl (C=O) groups excluding carboxylic acids is 3. The van der Waals surface area contributed by atoms with Gasteiger partial charge in [0.15, 0.2) is 0 Å². The lowest BCUT2D eigenvalue weighted by Crippen LogP contribution is -2.53. The molecule has 13 nitrogen and oxygen atoms in total. The maximum atomic E-state index is 14.9. The molecule has 3 aromatic carbocycles. The van der Waals surface area contributed by atoms with Gasteiger partial charge in [-0.3, -0.25) is 14.4 Å². The molecule has 4 aromatic rings. The molecule has 7 rings (SSSR count). The average molecular weight is 813 g/mol. The number of aromatic nitrogens is 1. The number of sulfonamides is 1. The quantitative estimate of drug-likeness (QED) is 0.135. The standard InChI is InChI=1S/C44H48N2O11S/c1-6-43(41(50)53-7-2,36-24-38-44(55-27-42(4,5)28-56-44)21-22-45(38)39(48)35(36)26-54-29(3)47)57-40(49)37-23-32-15-11-12-16-33(32)25-46(37)58(51,52)34-19-17-31(18-20-34)30-13-9-8-10-14-30/h8-20,24,37H,6-7,21-23,25-28H2,1-5H3/t37-,43+/m1/s1. The summed E-state index contributed by atoms with van der Waals surface area (Å²) in [4.78, 5) is 55.9. The van der Waals surface area contributed by atoms with E-state index in [4.69, 9.17) is 23.7 Å². The van der Waals surface area contributed by atoms with Gasteiger partial charge in [0.2, 0.25) is 21.4 Å². The molecular weight excluding hydrogens is 765 g/mol. The maximum absolute atomic E-state index is 14.9. The van der Waals surface area contributed by atoms with Gasteiger partial charge in [-0.25, -0.2) is 13.2 Å². The molecule has 1 saturated heterocycles. The highest BCUT2D eigenvalue weighted by Crippen LogP contribution is 2.45. The minimum atomic E-state index is -4.35. The number of pyridine rings is 1. The fourth-order valence-electron chi connectivity index (χ4n) is 7.93. The molecule has 1 fully saturated rings. The highest BCUT2D eigenvalue weighted by molar-refractivity contribution is 7.89. The van der Waals surface area contributed by atoms with Gasteiger partial charge in [-0.15, -0.1) is 0 Å². The first kappa shape index (κ1) is 41.0. The molecule has 3 aliphatic heterocycles. The largest absolute Gasteiger partial charge is 0.463 e. The summed E-state index contributed by atoms with van der Waals surface area (Å²) < 4.78 is 61.8. The molecule has 306 valence electrons. The normalized spacial score (nSPS) is 19.4. The Balaban J connectivity index is 1.33. The van der Waals surface area contributed by atoms with Crippen molar-refractivity contribution in [3.8, 4) is 11.1 Å². The van der Waals surface area contributed by atoms with Crippen LogP contribution in [0.5, 0.6) is 0 Å². The van der Waals surface area contributed by atoms with Gasteiger partial charge in [-0.2, -0.15) is 4.31 Å². The van der Waals surface area contributed by atoms with Gasteiger partial charge in [0.25, 0.3) is 5.56 Å². The Morgan fingerprint density at radius 3 is 2.16 bits per heavy atom. The third-order valence-electron chi connectivity index (χ3n) is 11.1. The molecule has 0 radical (unpaired) electrons. The van der Waals surface area contributed by atoms with Crippen molar-refractivity contribution in [3.05, 3.63) is 123 Å². The molecule has 1 spiro atoms.